The van der Waals surface area contributed by atoms with Gasteiger partial charge in [0, 0.05) is 5.56 Å². The molecule has 0 N–H and O–H groups in total. The highest BCUT2D eigenvalue weighted by atomic mass is 16.5. The maximum absolute atomic E-state index is 11.2. The quantitative estimate of drug-likeness (QED) is 0.556. The molecule has 0 radical (unpaired) electrons. The van der Waals surface area contributed by atoms with Crippen LogP contribution in [0.3, 0.4) is 0 Å². The van der Waals surface area contributed by atoms with Crippen LogP contribution in [0.2, 0.25) is 0 Å². The van der Waals surface area contributed by atoms with E-state index in [0.717, 1.165) is 18.3 Å². The van der Waals surface area contributed by atoms with E-state index in [2.05, 4.69) is 4.74 Å². The van der Waals surface area contributed by atoms with E-state index in [9.17, 15) is 9.59 Å². The summed E-state index contributed by atoms with van der Waals surface area (Å²) in [6, 6.07) is 7.38. The number of hydrogen-bond donors (Lipinski definition) is 0. The van der Waals surface area contributed by atoms with Crippen molar-refractivity contribution in [2.24, 2.45) is 5.92 Å². The molecule has 0 bridgehead atoms. The summed E-state index contributed by atoms with van der Waals surface area (Å²) < 4.78 is 4.67. The smallest absolute Gasteiger partial charge is 0.309 e. The summed E-state index contributed by atoms with van der Waals surface area (Å²) in [4.78, 5) is 22.0. The standard InChI is InChI=1S/C12H12O3/c1-15-12(14)11-6-10(11)9-5-3-2-4-8(9)7-13/h2-5,7,10-11H,6H2,1H3. The molecule has 1 aliphatic carbocycles. The Labute approximate surface area is 88.1 Å². The third kappa shape index (κ3) is 1.77. The number of methoxy groups -OCH3 is 1. The lowest BCUT2D eigenvalue weighted by atomic mass is 10.0. The molecule has 0 saturated heterocycles. The lowest BCUT2D eigenvalue weighted by Crippen LogP contribution is -2.04. The van der Waals surface area contributed by atoms with E-state index in [0.29, 0.717) is 5.56 Å². The Morgan fingerprint density at radius 1 is 1.47 bits per heavy atom. The summed E-state index contributed by atoms with van der Waals surface area (Å²) in [6.07, 6.45) is 1.62. The van der Waals surface area contributed by atoms with Crippen molar-refractivity contribution in [3.8, 4) is 0 Å². The molecule has 1 fully saturated rings. The maximum Gasteiger partial charge on any atom is 0.309 e. The average Bonchev–Trinajstić information content (AvgIpc) is 3.08. The van der Waals surface area contributed by atoms with Crippen molar-refractivity contribution in [3.63, 3.8) is 0 Å². The van der Waals surface area contributed by atoms with E-state index in [1.807, 2.05) is 18.2 Å². The van der Waals surface area contributed by atoms with Crippen molar-refractivity contribution in [2.75, 3.05) is 7.11 Å². The van der Waals surface area contributed by atoms with Crippen LogP contribution in [0.4, 0.5) is 0 Å². The molecule has 15 heavy (non-hydrogen) atoms. The van der Waals surface area contributed by atoms with Crippen LogP contribution >= 0.6 is 0 Å². The van der Waals surface area contributed by atoms with Crippen LogP contribution in [0.25, 0.3) is 0 Å². The SMILES string of the molecule is COC(=O)C1CC1c1ccccc1C=O. The highest BCUT2D eigenvalue weighted by Gasteiger charge is 2.45. The van der Waals surface area contributed by atoms with Crippen LogP contribution in [-0.4, -0.2) is 19.4 Å². The molecule has 2 rings (SSSR count). The van der Waals surface area contributed by atoms with Crippen LogP contribution in [0.1, 0.15) is 28.3 Å². The molecule has 3 nitrogen and oxygen atoms in total. The van der Waals surface area contributed by atoms with Gasteiger partial charge in [0.1, 0.15) is 6.29 Å². The fourth-order valence-electron chi connectivity index (χ4n) is 1.91. The molecule has 1 aromatic rings. The lowest BCUT2D eigenvalue weighted by Gasteiger charge is -2.02. The van der Waals surface area contributed by atoms with E-state index in [-0.39, 0.29) is 17.8 Å². The van der Waals surface area contributed by atoms with Gasteiger partial charge in [-0.1, -0.05) is 24.3 Å². The molecule has 0 spiro atoms. The molecule has 1 saturated carbocycles. The van der Waals surface area contributed by atoms with Gasteiger partial charge < -0.3 is 4.74 Å². The van der Waals surface area contributed by atoms with Gasteiger partial charge in [-0.3, -0.25) is 9.59 Å². The van der Waals surface area contributed by atoms with Gasteiger partial charge in [-0.05, 0) is 17.9 Å². The number of benzene rings is 1. The summed E-state index contributed by atoms with van der Waals surface area (Å²) in [5.41, 5.74) is 1.64. The second-order valence-corrected chi connectivity index (χ2v) is 3.72. The maximum atomic E-state index is 11.2. The van der Waals surface area contributed by atoms with Crippen LogP contribution in [-0.2, 0) is 9.53 Å². The van der Waals surface area contributed by atoms with Gasteiger partial charge in [0.05, 0.1) is 13.0 Å². The monoisotopic (exact) mass is 204 g/mol. The number of aldehydes is 1. The fraction of sp³-hybridized carbons (Fsp3) is 0.333. The Kier molecular flexibility index (Phi) is 2.54. The minimum absolute atomic E-state index is 0.0592. The first-order chi connectivity index (χ1) is 7.27. The van der Waals surface area contributed by atoms with E-state index >= 15 is 0 Å². The average molecular weight is 204 g/mol. The Morgan fingerprint density at radius 3 is 2.87 bits per heavy atom. The first-order valence-electron chi connectivity index (χ1n) is 4.90. The minimum Gasteiger partial charge on any atom is -0.469 e. The summed E-state index contributed by atoms with van der Waals surface area (Å²) in [6.45, 7) is 0. The van der Waals surface area contributed by atoms with Gasteiger partial charge in [-0.2, -0.15) is 0 Å². The van der Waals surface area contributed by atoms with Crippen molar-refractivity contribution in [1.82, 2.24) is 0 Å². The van der Waals surface area contributed by atoms with Crippen molar-refractivity contribution in [2.45, 2.75) is 12.3 Å². The molecule has 0 amide bonds. The minimum atomic E-state index is -0.180. The molecular formula is C12H12O3. The van der Waals surface area contributed by atoms with Gasteiger partial charge in [0.2, 0.25) is 0 Å². The second kappa shape index (κ2) is 3.85. The van der Waals surface area contributed by atoms with E-state index in [1.54, 1.807) is 6.07 Å². The van der Waals surface area contributed by atoms with E-state index in [4.69, 9.17) is 0 Å². The van der Waals surface area contributed by atoms with Crippen LogP contribution in [0.15, 0.2) is 24.3 Å². The van der Waals surface area contributed by atoms with E-state index < -0.39 is 0 Å². The zero-order chi connectivity index (χ0) is 10.8. The van der Waals surface area contributed by atoms with Gasteiger partial charge in [-0.15, -0.1) is 0 Å². The summed E-state index contributed by atoms with van der Waals surface area (Å²) >= 11 is 0. The number of carbonyl (C=O) groups is 2. The van der Waals surface area contributed by atoms with Crippen molar-refractivity contribution in [3.05, 3.63) is 35.4 Å². The van der Waals surface area contributed by atoms with Gasteiger partial charge in [0.25, 0.3) is 0 Å². The molecular weight excluding hydrogens is 192 g/mol. The van der Waals surface area contributed by atoms with Gasteiger partial charge in [-0.25, -0.2) is 0 Å². The zero-order valence-corrected chi connectivity index (χ0v) is 8.47. The molecule has 1 aliphatic rings. The fourth-order valence-corrected chi connectivity index (χ4v) is 1.91. The first-order valence-corrected chi connectivity index (χ1v) is 4.90. The third-order valence-electron chi connectivity index (χ3n) is 2.82. The molecule has 0 heterocycles. The lowest BCUT2D eigenvalue weighted by molar-refractivity contribution is -0.142. The summed E-state index contributed by atoms with van der Waals surface area (Å²) in [5.74, 6) is -0.0735. The molecule has 2 unspecified atom stereocenters. The van der Waals surface area contributed by atoms with Crippen LogP contribution in [0.5, 0.6) is 0 Å². The molecule has 0 aromatic heterocycles. The topological polar surface area (TPSA) is 43.4 Å². The largest absolute Gasteiger partial charge is 0.469 e. The highest BCUT2D eigenvalue weighted by molar-refractivity contribution is 5.81. The number of carbonyl (C=O) groups excluding carboxylic acids is 2. The van der Waals surface area contributed by atoms with Crippen molar-refractivity contribution >= 4 is 12.3 Å². The Morgan fingerprint density at radius 2 is 2.20 bits per heavy atom. The van der Waals surface area contributed by atoms with Crippen molar-refractivity contribution in [1.29, 1.82) is 0 Å². The Bertz CT molecular complexity index is 398. The third-order valence-corrected chi connectivity index (χ3v) is 2.82. The molecule has 1 aromatic carbocycles. The Balaban J connectivity index is 2.19. The first kappa shape index (κ1) is 9.90. The molecule has 2 atom stereocenters. The van der Waals surface area contributed by atoms with Gasteiger partial charge >= 0.3 is 5.97 Å². The molecule has 78 valence electrons. The summed E-state index contributed by atoms with van der Waals surface area (Å²) in [7, 11) is 1.39. The van der Waals surface area contributed by atoms with Crippen molar-refractivity contribution < 1.29 is 14.3 Å². The predicted octanol–water partition coefficient (Wildman–Crippen LogP) is 1.78. The van der Waals surface area contributed by atoms with Gasteiger partial charge in [0.15, 0.2) is 0 Å². The summed E-state index contributed by atoms with van der Waals surface area (Å²) in [5, 5.41) is 0. The number of hydrogen-bond acceptors (Lipinski definition) is 3. The number of rotatable bonds is 3. The molecule has 3 heteroatoms. The number of ether oxygens (including phenoxy) is 1. The second-order valence-electron chi connectivity index (χ2n) is 3.72. The predicted molar refractivity (Wildman–Crippen MR) is 54.7 cm³/mol. The van der Waals surface area contributed by atoms with E-state index in [1.165, 1.54) is 7.11 Å². The highest BCUT2D eigenvalue weighted by Crippen LogP contribution is 2.48. The Hall–Kier alpha value is -1.64. The number of esters is 1. The normalized spacial score (nSPS) is 23.3. The van der Waals surface area contributed by atoms with Crippen LogP contribution < -0.4 is 0 Å². The molecule has 0 aliphatic heterocycles. The zero-order valence-electron chi connectivity index (χ0n) is 8.47. The van der Waals surface area contributed by atoms with Crippen LogP contribution in [0, 0.1) is 5.92 Å².